The Bertz CT molecular complexity index is 439. The van der Waals surface area contributed by atoms with Crippen LogP contribution in [0.2, 0.25) is 0 Å². The lowest BCUT2D eigenvalue weighted by atomic mass is 10.1. The number of fused-ring (bicyclic) bond motifs is 1. The molecular weight excluding hydrogens is 196 g/mol. The second-order valence-electron chi connectivity index (χ2n) is 4.56. The van der Waals surface area contributed by atoms with Gasteiger partial charge in [0.25, 0.3) is 0 Å². The van der Waals surface area contributed by atoms with Crippen molar-refractivity contribution in [2.75, 3.05) is 0 Å². The minimum absolute atomic E-state index is 0.649. The van der Waals surface area contributed by atoms with Gasteiger partial charge in [-0.3, -0.25) is 0 Å². The summed E-state index contributed by atoms with van der Waals surface area (Å²) in [5.74, 6) is 3.49. The van der Waals surface area contributed by atoms with Gasteiger partial charge in [0.2, 0.25) is 0 Å². The van der Waals surface area contributed by atoms with Crippen molar-refractivity contribution in [3.63, 3.8) is 0 Å². The lowest BCUT2D eigenvalue weighted by Crippen LogP contribution is -2.00. The summed E-state index contributed by atoms with van der Waals surface area (Å²) in [6.45, 7) is 2.17. The Kier molecular flexibility index (Phi) is 2.32. The van der Waals surface area contributed by atoms with Crippen molar-refractivity contribution < 1.29 is 4.74 Å². The molecule has 0 aromatic heterocycles. The summed E-state index contributed by atoms with van der Waals surface area (Å²) in [5.41, 5.74) is 1.36. The fraction of sp³-hybridized carbons (Fsp3) is 0.333. The Labute approximate surface area is 96.4 Å². The summed E-state index contributed by atoms with van der Waals surface area (Å²) >= 11 is 0. The number of allylic oxidation sites excluding steroid dienone is 4. The number of benzene rings is 1. The van der Waals surface area contributed by atoms with Gasteiger partial charge in [-0.1, -0.05) is 31.2 Å². The molecule has 0 heterocycles. The molecule has 1 nitrogen and oxygen atoms in total. The molecule has 1 saturated carbocycles. The average Bonchev–Trinajstić information content (AvgIpc) is 3.10. The van der Waals surface area contributed by atoms with Crippen LogP contribution in [0.1, 0.15) is 18.9 Å². The quantitative estimate of drug-likeness (QED) is 0.742. The predicted molar refractivity (Wildman–Crippen MR) is 65.3 cm³/mol. The summed E-state index contributed by atoms with van der Waals surface area (Å²) in [6, 6.07) is 8.41. The molecule has 82 valence electrons. The Morgan fingerprint density at radius 3 is 2.81 bits per heavy atom. The molecule has 0 aliphatic heterocycles. The molecule has 0 saturated heterocycles. The maximum absolute atomic E-state index is 5.92. The first-order valence-corrected chi connectivity index (χ1v) is 6.02. The topological polar surface area (TPSA) is 9.23 Å². The molecule has 1 aromatic carbocycles. The molecule has 2 aliphatic rings. The highest BCUT2D eigenvalue weighted by atomic mass is 16.5. The highest BCUT2D eigenvalue weighted by Gasteiger charge is 2.40. The first-order valence-electron chi connectivity index (χ1n) is 6.02. The fourth-order valence-electron chi connectivity index (χ4n) is 2.21. The fourth-order valence-corrected chi connectivity index (χ4v) is 2.21. The van der Waals surface area contributed by atoms with E-state index in [1.807, 2.05) is 0 Å². The van der Waals surface area contributed by atoms with Crippen LogP contribution in [0.25, 0.3) is 0 Å². The molecule has 1 heteroatoms. The Morgan fingerprint density at radius 2 is 2.06 bits per heavy atom. The SMILES string of the molecule is CCc1ccc(OC2=CC=CC3CC23)cc1. The van der Waals surface area contributed by atoms with Gasteiger partial charge in [0.1, 0.15) is 11.5 Å². The van der Waals surface area contributed by atoms with Gasteiger partial charge in [0, 0.05) is 5.92 Å². The van der Waals surface area contributed by atoms with Crippen molar-refractivity contribution in [1.29, 1.82) is 0 Å². The van der Waals surface area contributed by atoms with Crippen molar-refractivity contribution in [3.8, 4) is 5.75 Å². The average molecular weight is 212 g/mol. The minimum atomic E-state index is 0.649. The number of ether oxygens (including phenoxy) is 1. The van der Waals surface area contributed by atoms with Crippen LogP contribution in [0.15, 0.2) is 48.3 Å². The van der Waals surface area contributed by atoms with E-state index in [1.165, 1.54) is 12.0 Å². The van der Waals surface area contributed by atoms with Crippen LogP contribution in [0, 0.1) is 11.8 Å². The maximum atomic E-state index is 5.92. The van der Waals surface area contributed by atoms with E-state index in [0.29, 0.717) is 5.92 Å². The molecule has 2 unspecified atom stereocenters. The predicted octanol–water partition coefficient (Wildman–Crippen LogP) is 3.72. The van der Waals surface area contributed by atoms with Crippen LogP contribution in [0.4, 0.5) is 0 Å². The van der Waals surface area contributed by atoms with E-state index >= 15 is 0 Å². The van der Waals surface area contributed by atoms with Crippen LogP contribution in [-0.4, -0.2) is 0 Å². The van der Waals surface area contributed by atoms with Gasteiger partial charge >= 0.3 is 0 Å². The molecule has 2 atom stereocenters. The van der Waals surface area contributed by atoms with E-state index in [0.717, 1.165) is 23.8 Å². The smallest absolute Gasteiger partial charge is 0.126 e. The van der Waals surface area contributed by atoms with E-state index in [2.05, 4.69) is 49.4 Å². The van der Waals surface area contributed by atoms with Crippen molar-refractivity contribution >= 4 is 0 Å². The van der Waals surface area contributed by atoms with Crippen LogP contribution < -0.4 is 4.74 Å². The second kappa shape index (κ2) is 3.82. The Morgan fingerprint density at radius 1 is 1.25 bits per heavy atom. The van der Waals surface area contributed by atoms with Crippen LogP contribution in [0.3, 0.4) is 0 Å². The first kappa shape index (κ1) is 9.71. The normalized spacial score (nSPS) is 25.9. The van der Waals surface area contributed by atoms with Gasteiger partial charge in [-0.25, -0.2) is 0 Å². The number of aryl methyl sites for hydroxylation is 1. The third-order valence-electron chi connectivity index (χ3n) is 3.39. The van der Waals surface area contributed by atoms with E-state index in [9.17, 15) is 0 Å². The lowest BCUT2D eigenvalue weighted by molar-refractivity contribution is 0.389. The van der Waals surface area contributed by atoms with Crippen molar-refractivity contribution in [2.24, 2.45) is 11.8 Å². The van der Waals surface area contributed by atoms with Gasteiger partial charge in [-0.05, 0) is 42.5 Å². The van der Waals surface area contributed by atoms with E-state index in [4.69, 9.17) is 4.74 Å². The minimum Gasteiger partial charge on any atom is -0.461 e. The highest BCUT2D eigenvalue weighted by Crippen LogP contribution is 2.47. The second-order valence-corrected chi connectivity index (χ2v) is 4.56. The van der Waals surface area contributed by atoms with Crippen molar-refractivity contribution in [1.82, 2.24) is 0 Å². The molecule has 3 rings (SSSR count). The third kappa shape index (κ3) is 1.78. The maximum Gasteiger partial charge on any atom is 0.126 e. The molecule has 0 N–H and O–H groups in total. The number of rotatable bonds is 3. The van der Waals surface area contributed by atoms with Crippen molar-refractivity contribution in [2.45, 2.75) is 19.8 Å². The van der Waals surface area contributed by atoms with Gasteiger partial charge in [0.15, 0.2) is 0 Å². The van der Waals surface area contributed by atoms with Gasteiger partial charge in [0.05, 0.1) is 0 Å². The molecule has 16 heavy (non-hydrogen) atoms. The van der Waals surface area contributed by atoms with Gasteiger partial charge in [-0.2, -0.15) is 0 Å². The summed E-state index contributed by atoms with van der Waals surface area (Å²) in [5, 5.41) is 0. The van der Waals surface area contributed by atoms with Crippen molar-refractivity contribution in [3.05, 3.63) is 53.8 Å². The summed E-state index contributed by atoms with van der Waals surface area (Å²) in [4.78, 5) is 0. The molecule has 0 amide bonds. The van der Waals surface area contributed by atoms with Crippen LogP contribution >= 0.6 is 0 Å². The number of hydrogen-bond acceptors (Lipinski definition) is 1. The molecule has 0 bridgehead atoms. The molecule has 0 spiro atoms. The molecule has 1 fully saturated rings. The standard InChI is InChI=1S/C15H16O/c1-2-11-6-8-13(9-7-11)16-15-5-3-4-12-10-14(12)15/h3-9,12,14H,2,10H2,1H3. The van der Waals surface area contributed by atoms with Crippen LogP contribution in [-0.2, 0) is 6.42 Å². The zero-order valence-electron chi connectivity index (χ0n) is 9.52. The van der Waals surface area contributed by atoms with E-state index in [1.54, 1.807) is 0 Å². The summed E-state index contributed by atoms with van der Waals surface area (Å²) in [6.07, 6.45) is 8.83. The largest absolute Gasteiger partial charge is 0.461 e. The monoisotopic (exact) mass is 212 g/mol. The molecule has 2 aliphatic carbocycles. The summed E-state index contributed by atoms with van der Waals surface area (Å²) < 4.78 is 5.92. The van der Waals surface area contributed by atoms with Crippen LogP contribution in [0.5, 0.6) is 5.75 Å². The Hall–Kier alpha value is -1.50. The van der Waals surface area contributed by atoms with Gasteiger partial charge < -0.3 is 4.74 Å². The first-order chi connectivity index (χ1) is 7.86. The third-order valence-corrected chi connectivity index (χ3v) is 3.39. The lowest BCUT2D eigenvalue weighted by Gasteiger charge is -2.11. The Balaban J connectivity index is 1.74. The van der Waals surface area contributed by atoms with Gasteiger partial charge in [-0.15, -0.1) is 0 Å². The van der Waals surface area contributed by atoms with E-state index in [-0.39, 0.29) is 0 Å². The zero-order valence-corrected chi connectivity index (χ0v) is 9.52. The molecule has 0 radical (unpaired) electrons. The number of hydrogen-bond donors (Lipinski definition) is 0. The molecular formula is C15H16O. The van der Waals surface area contributed by atoms with E-state index < -0.39 is 0 Å². The highest BCUT2D eigenvalue weighted by molar-refractivity contribution is 5.33. The summed E-state index contributed by atoms with van der Waals surface area (Å²) in [7, 11) is 0. The molecule has 1 aromatic rings. The zero-order chi connectivity index (χ0) is 11.0.